The van der Waals surface area contributed by atoms with Gasteiger partial charge in [0.15, 0.2) is 0 Å². The fourth-order valence-electron chi connectivity index (χ4n) is 2.35. The van der Waals surface area contributed by atoms with Gasteiger partial charge in [0.1, 0.15) is 11.6 Å². The van der Waals surface area contributed by atoms with Crippen LogP contribution in [0.25, 0.3) is 0 Å². The van der Waals surface area contributed by atoms with Crippen molar-refractivity contribution in [2.45, 2.75) is 25.9 Å². The van der Waals surface area contributed by atoms with Gasteiger partial charge in [-0.25, -0.2) is 4.39 Å². The van der Waals surface area contributed by atoms with Crippen molar-refractivity contribution < 1.29 is 13.9 Å². The van der Waals surface area contributed by atoms with Crippen LogP contribution in [0.3, 0.4) is 0 Å². The van der Waals surface area contributed by atoms with Crippen LogP contribution >= 0.6 is 12.4 Å². The van der Waals surface area contributed by atoms with Crippen LogP contribution in [0.15, 0.2) is 18.2 Å². The predicted octanol–water partition coefficient (Wildman–Crippen LogP) is 2.08. The Kier molecular flexibility index (Phi) is 5.77. The number of halogens is 2. The van der Waals surface area contributed by atoms with E-state index < -0.39 is 5.82 Å². The van der Waals surface area contributed by atoms with Crippen molar-refractivity contribution in [3.05, 3.63) is 29.6 Å². The van der Waals surface area contributed by atoms with Gasteiger partial charge < -0.3 is 15.0 Å². The first-order valence-corrected chi connectivity index (χ1v) is 6.42. The van der Waals surface area contributed by atoms with E-state index in [-0.39, 0.29) is 36.0 Å². The minimum atomic E-state index is -0.431. The Morgan fingerprint density at radius 3 is 2.80 bits per heavy atom. The van der Waals surface area contributed by atoms with Gasteiger partial charge in [0.05, 0.1) is 12.7 Å². The monoisotopic (exact) mass is 302 g/mol. The van der Waals surface area contributed by atoms with Crippen LogP contribution in [0.1, 0.15) is 24.2 Å². The minimum absolute atomic E-state index is 0. The molecule has 2 rings (SSSR count). The van der Waals surface area contributed by atoms with Gasteiger partial charge in [0.25, 0.3) is 5.91 Å². The second kappa shape index (κ2) is 6.90. The summed E-state index contributed by atoms with van der Waals surface area (Å²) in [5.41, 5.74) is 0.281. The van der Waals surface area contributed by atoms with E-state index in [0.29, 0.717) is 12.3 Å². The van der Waals surface area contributed by atoms with Crippen molar-refractivity contribution in [2.24, 2.45) is 0 Å². The third-order valence-electron chi connectivity index (χ3n) is 3.69. The third-order valence-corrected chi connectivity index (χ3v) is 3.69. The molecule has 6 heteroatoms. The smallest absolute Gasteiger partial charge is 0.258 e. The molecule has 2 atom stereocenters. The van der Waals surface area contributed by atoms with E-state index in [1.807, 2.05) is 13.8 Å². The molecule has 1 amide bonds. The van der Waals surface area contributed by atoms with Crippen LogP contribution in [0.4, 0.5) is 4.39 Å². The second-order valence-corrected chi connectivity index (χ2v) is 4.83. The summed E-state index contributed by atoms with van der Waals surface area (Å²) in [6, 6.07) is 4.30. The van der Waals surface area contributed by atoms with Crippen molar-refractivity contribution in [3.8, 4) is 5.75 Å². The lowest BCUT2D eigenvalue weighted by molar-refractivity contribution is 0.0599. The van der Waals surface area contributed by atoms with Gasteiger partial charge in [0, 0.05) is 25.2 Å². The molecule has 1 N–H and O–H groups in total. The summed E-state index contributed by atoms with van der Waals surface area (Å²) < 4.78 is 18.5. The maximum atomic E-state index is 13.3. The van der Waals surface area contributed by atoms with Gasteiger partial charge >= 0.3 is 0 Å². The summed E-state index contributed by atoms with van der Waals surface area (Å²) in [6.45, 7) is 5.38. The van der Waals surface area contributed by atoms with Gasteiger partial charge in [-0.2, -0.15) is 0 Å². The Morgan fingerprint density at radius 1 is 1.45 bits per heavy atom. The number of benzene rings is 1. The van der Waals surface area contributed by atoms with E-state index in [0.717, 1.165) is 6.54 Å². The molecule has 0 aliphatic carbocycles. The molecule has 1 aromatic rings. The molecule has 0 bridgehead atoms. The largest absolute Gasteiger partial charge is 0.496 e. The molecular formula is C14H20ClFN2O2. The van der Waals surface area contributed by atoms with E-state index in [4.69, 9.17) is 4.74 Å². The first-order chi connectivity index (χ1) is 9.04. The molecule has 1 aromatic carbocycles. The fourth-order valence-corrected chi connectivity index (χ4v) is 2.35. The van der Waals surface area contributed by atoms with Crippen LogP contribution in [0.5, 0.6) is 5.75 Å². The average molecular weight is 303 g/mol. The number of carbonyl (C=O) groups excluding carboxylic acids is 1. The fraction of sp³-hybridized carbons (Fsp3) is 0.500. The van der Waals surface area contributed by atoms with Gasteiger partial charge in [-0.05, 0) is 32.0 Å². The molecule has 4 nitrogen and oxygen atoms in total. The number of carbonyl (C=O) groups is 1. The molecule has 0 radical (unpaired) electrons. The molecular weight excluding hydrogens is 283 g/mol. The number of nitrogens with zero attached hydrogens (tertiary/aromatic N) is 1. The maximum Gasteiger partial charge on any atom is 0.258 e. The van der Waals surface area contributed by atoms with Crippen LogP contribution in [-0.2, 0) is 0 Å². The molecule has 0 spiro atoms. The Morgan fingerprint density at radius 2 is 2.15 bits per heavy atom. The standard InChI is InChI=1S/C14H19FN2O2.ClH/c1-9-10(2)17(7-6-16-9)14(18)12-8-11(15)4-5-13(12)19-3;/h4-5,8-10,16H,6-7H2,1-3H3;1H. The quantitative estimate of drug-likeness (QED) is 0.909. The van der Waals surface area contributed by atoms with Gasteiger partial charge in [-0.15, -0.1) is 12.4 Å². The lowest BCUT2D eigenvalue weighted by Crippen LogP contribution is -2.57. The normalized spacial score (nSPS) is 22.1. The number of hydrogen-bond acceptors (Lipinski definition) is 3. The number of ether oxygens (including phenoxy) is 1. The van der Waals surface area contributed by atoms with Crippen LogP contribution < -0.4 is 10.1 Å². The summed E-state index contributed by atoms with van der Waals surface area (Å²) in [4.78, 5) is 14.3. The zero-order valence-electron chi connectivity index (χ0n) is 11.9. The number of nitrogens with one attached hydrogen (secondary N) is 1. The SMILES string of the molecule is COc1ccc(F)cc1C(=O)N1CCNC(C)C1C.Cl. The second-order valence-electron chi connectivity index (χ2n) is 4.83. The summed E-state index contributed by atoms with van der Waals surface area (Å²) in [7, 11) is 1.48. The Balaban J connectivity index is 0.00000200. The first kappa shape index (κ1) is 16.7. The first-order valence-electron chi connectivity index (χ1n) is 6.42. The zero-order chi connectivity index (χ0) is 14.0. The molecule has 0 aromatic heterocycles. The van der Waals surface area contributed by atoms with Crippen LogP contribution in [0, 0.1) is 5.82 Å². The minimum Gasteiger partial charge on any atom is -0.496 e. The van der Waals surface area contributed by atoms with E-state index in [1.165, 1.54) is 25.3 Å². The molecule has 1 fully saturated rings. The molecule has 0 saturated carbocycles. The molecule has 20 heavy (non-hydrogen) atoms. The summed E-state index contributed by atoms with van der Waals surface area (Å²) in [5, 5.41) is 3.31. The van der Waals surface area contributed by atoms with Crippen molar-refractivity contribution in [1.29, 1.82) is 0 Å². The van der Waals surface area contributed by atoms with Crippen molar-refractivity contribution >= 4 is 18.3 Å². The van der Waals surface area contributed by atoms with E-state index in [1.54, 1.807) is 4.90 Å². The molecule has 112 valence electrons. The van der Waals surface area contributed by atoms with Crippen molar-refractivity contribution in [1.82, 2.24) is 10.2 Å². The topological polar surface area (TPSA) is 41.6 Å². The molecule has 1 aliphatic heterocycles. The van der Waals surface area contributed by atoms with Crippen LogP contribution in [-0.4, -0.2) is 43.1 Å². The van der Waals surface area contributed by atoms with Gasteiger partial charge in [0.2, 0.25) is 0 Å². The highest BCUT2D eigenvalue weighted by molar-refractivity contribution is 5.97. The predicted molar refractivity (Wildman–Crippen MR) is 78.2 cm³/mol. The Bertz CT molecular complexity index is 484. The molecule has 1 aliphatic rings. The highest BCUT2D eigenvalue weighted by atomic mass is 35.5. The third kappa shape index (κ3) is 3.22. The van der Waals surface area contributed by atoms with E-state index >= 15 is 0 Å². The van der Waals surface area contributed by atoms with Gasteiger partial charge in [-0.3, -0.25) is 4.79 Å². The number of methoxy groups -OCH3 is 1. The van der Waals surface area contributed by atoms with E-state index in [9.17, 15) is 9.18 Å². The summed E-state index contributed by atoms with van der Waals surface area (Å²) in [5.74, 6) is -0.207. The number of amides is 1. The zero-order valence-corrected chi connectivity index (χ0v) is 12.7. The Hall–Kier alpha value is -1.33. The van der Waals surface area contributed by atoms with Crippen molar-refractivity contribution in [2.75, 3.05) is 20.2 Å². The summed E-state index contributed by atoms with van der Waals surface area (Å²) in [6.07, 6.45) is 0. The Labute approximate surface area is 124 Å². The lowest BCUT2D eigenvalue weighted by atomic mass is 10.0. The highest BCUT2D eigenvalue weighted by Crippen LogP contribution is 2.23. The maximum absolute atomic E-state index is 13.3. The van der Waals surface area contributed by atoms with E-state index in [2.05, 4.69) is 5.32 Å². The average Bonchev–Trinajstić information content (AvgIpc) is 2.41. The highest BCUT2D eigenvalue weighted by Gasteiger charge is 2.30. The van der Waals surface area contributed by atoms with Crippen molar-refractivity contribution in [3.63, 3.8) is 0 Å². The number of rotatable bonds is 2. The number of piperazine rings is 1. The van der Waals surface area contributed by atoms with Gasteiger partial charge in [-0.1, -0.05) is 0 Å². The lowest BCUT2D eigenvalue weighted by Gasteiger charge is -2.38. The van der Waals surface area contributed by atoms with Crippen LogP contribution in [0.2, 0.25) is 0 Å². The molecule has 1 heterocycles. The number of hydrogen-bond donors (Lipinski definition) is 1. The molecule has 1 saturated heterocycles. The molecule has 2 unspecified atom stereocenters. The summed E-state index contributed by atoms with van der Waals surface area (Å²) >= 11 is 0.